The summed E-state index contributed by atoms with van der Waals surface area (Å²) in [4.78, 5) is 27.2. The largest absolute Gasteiger partial charge is 0.467 e. The van der Waals surface area contributed by atoms with Crippen LogP contribution in [-0.4, -0.2) is 43.8 Å². The van der Waals surface area contributed by atoms with Crippen LogP contribution in [0.3, 0.4) is 0 Å². The fourth-order valence-corrected chi connectivity index (χ4v) is 2.94. The van der Waals surface area contributed by atoms with Gasteiger partial charge >= 0.3 is 6.01 Å². The van der Waals surface area contributed by atoms with Crippen molar-refractivity contribution in [3.8, 4) is 23.7 Å². The van der Waals surface area contributed by atoms with Crippen LogP contribution in [0, 0.1) is 0 Å². The van der Waals surface area contributed by atoms with Gasteiger partial charge in [0.05, 0.1) is 13.7 Å². The normalized spacial score (nSPS) is 10.6. The molecular weight excluding hydrogens is 448 g/mol. The molecule has 1 aromatic carbocycles. The zero-order chi connectivity index (χ0) is 23.0. The first-order valence-corrected chi connectivity index (χ1v) is 10.3. The number of nitrogens with zero attached hydrogens (tertiary/aromatic N) is 5. The molecule has 33 heavy (non-hydrogen) atoms. The Hall–Kier alpha value is -4.05. The predicted molar refractivity (Wildman–Crippen MR) is 119 cm³/mol. The number of hydrogen-bond donors (Lipinski definition) is 1. The van der Waals surface area contributed by atoms with Crippen LogP contribution in [0.1, 0.15) is 16.7 Å². The van der Waals surface area contributed by atoms with E-state index in [0.29, 0.717) is 41.8 Å². The molecule has 3 heterocycles. The topological polar surface area (TPSA) is 125 Å². The van der Waals surface area contributed by atoms with Crippen LogP contribution < -0.4 is 19.8 Å². The molecule has 4 rings (SSSR count). The van der Waals surface area contributed by atoms with Crippen molar-refractivity contribution < 1.29 is 14.2 Å². The lowest BCUT2D eigenvalue weighted by atomic mass is 10.1. The van der Waals surface area contributed by atoms with E-state index in [4.69, 9.17) is 25.8 Å². The summed E-state index contributed by atoms with van der Waals surface area (Å²) >= 11 is 5.71. The van der Waals surface area contributed by atoms with Crippen LogP contribution in [0.15, 0.2) is 59.8 Å². The number of ether oxygens (including phenoxy) is 3. The van der Waals surface area contributed by atoms with E-state index in [2.05, 4.69) is 30.1 Å². The second-order valence-corrected chi connectivity index (χ2v) is 7.22. The molecule has 0 aliphatic carbocycles. The Kier molecular flexibility index (Phi) is 7.06. The van der Waals surface area contributed by atoms with Gasteiger partial charge in [-0.2, -0.15) is 4.98 Å². The monoisotopic (exact) mass is 466 g/mol. The van der Waals surface area contributed by atoms with Crippen molar-refractivity contribution >= 4 is 11.6 Å². The predicted octanol–water partition coefficient (Wildman–Crippen LogP) is 3.02. The first-order chi connectivity index (χ1) is 16.1. The SMILES string of the molecule is COc1ncc(Cc2c[nH]c(OCCc3ccc(Oc4ccc(Cl)nn4)cc3)nc2=O)cn1. The van der Waals surface area contributed by atoms with Crippen LogP contribution in [0.4, 0.5) is 0 Å². The summed E-state index contributed by atoms with van der Waals surface area (Å²) in [7, 11) is 1.49. The quantitative estimate of drug-likeness (QED) is 0.396. The highest BCUT2D eigenvalue weighted by Crippen LogP contribution is 2.20. The van der Waals surface area contributed by atoms with Gasteiger partial charge in [-0.05, 0) is 29.3 Å². The molecular formula is C22H19ClN6O4. The molecule has 0 unspecified atom stereocenters. The fraction of sp³-hybridized carbons (Fsp3) is 0.182. The summed E-state index contributed by atoms with van der Waals surface area (Å²) < 4.78 is 16.1. The van der Waals surface area contributed by atoms with Crippen LogP contribution in [0.5, 0.6) is 23.7 Å². The molecule has 0 aliphatic heterocycles. The van der Waals surface area contributed by atoms with Crippen molar-refractivity contribution in [2.75, 3.05) is 13.7 Å². The first kappa shape index (κ1) is 22.2. The molecule has 168 valence electrons. The van der Waals surface area contributed by atoms with E-state index in [1.165, 1.54) is 7.11 Å². The van der Waals surface area contributed by atoms with E-state index in [1.54, 1.807) is 30.7 Å². The third-order valence-electron chi connectivity index (χ3n) is 4.49. The first-order valence-electron chi connectivity index (χ1n) is 9.91. The number of rotatable bonds is 9. The van der Waals surface area contributed by atoms with E-state index in [-0.39, 0.29) is 17.6 Å². The molecule has 0 fully saturated rings. The lowest BCUT2D eigenvalue weighted by Gasteiger charge is -2.07. The zero-order valence-electron chi connectivity index (χ0n) is 17.6. The van der Waals surface area contributed by atoms with Gasteiger partial charge < -0.3 is 19.2 Å². The lowest BCUT2D eigenvalue weighted by molar-refractivity contribution is 0.295. The number of halogens is 1. The molecule has 0 amide bonds. The molecule has 0 spiro atoms. The number of aromatic nitrogens is 6. The highest BCUT2D eigenvalue weighted by Gasteiger charge is 2.07. The van der Waals surface area contributed by atoms with E-state index in [9.17, 15) is 4.79 Å². The molecule has 0 bridgehead atoms. The van der Waals surface area contributed by atoms with Crippen LogP contribution in [0.2, 0.25) is 5.15 Å². The summed E-state index contributed by atoms with van der Waals surface area (Å²) in [5, 5.41) is 7.89. The van der Waals surface area contributed by atoms with Gasteiger partial charge in [0.2, 0.25) is 5.88 Å². The van der Waals surface area contributed by atoms with Gasteiger partial charge in [-0.3, -0.25) is 4.79 Å². The summed E-state index contributed by atoms with van der Waals surface area (Å²) in [5.74, 6) is 0.980. The summed E-state index contributed by atoms with van der Waals surface area (Å²) in [6, 6.07) is 11.2. The maximum atomic E-state index is 12.3. The Balaban J connectivity index is 1.28. The number of aromatic amines is 1. The summed E-state index contributed by atoms with van der Waals surface area (Å²) in [6.07, 6.45) is 5.77. The highest BCUT2D eigenvalue weighted by atomic mass is 35.5. The van der Waals surface area contributed by atoms with Crippen molar-refractivity contribution in [2.45, 2.75) is 12.8 Å². The Morgan fingerprint density at radius 1 is 1.00 bits per heavy atom. The summed E-state index contributed by atoms with van der Waals surface area (Å²) in [5.41, 5.74) is 1.92. The van der Waals surface area contributed by atoms with Crippen LogP contribution >= 0.6 is 11.6 Å². The number of nitrogens with one attached hydrogen (secondary N) is 1. The minimum atomic E-state index is -0.369. The third-order valence-corrected chi connectivity index (χ3v) is 4.69. The van der Waals surface area contributed by atoms with Gasteiger partial charge in [0, 0.05) is 43.1 Å². The average molecular weight is 467 g/mol. The van der Waals surface area contributed by atoms with Crippen molar-refractivity contribution in [1.82, 2.24) is 30.1 Å². The van der Waals surface area contributed by atoms with Crippen molar-refractivity contribution in [3.63, 3.8) is 0 Å². The maximum Gasteiger partial charge on any atom is 0.316 e. The molecule has 3 aromatic heterocycles. The molecule has 0 radical (unpaired) electrons. The van der Waals surface area contributed by atoms with E-state index < -0.39 is 0 Å². The minimum absolute atomic E-state index is 0.163. The number of benzene rings is 1. The molecule has 0 aliphatic rings. The van der Waals surface area contributed by atoms with Crippen LogP contribution in [-0.2, 0) is 12.8 Å². The van der Waals surface area contributed by atoms with E-state index in [1.807, 2.05) is 24.3 Å². The van der Waals surface area contributed by atoms with Gasteiger partial charge in [0.25, 0.3) is 11.6 Å². The number of H-pyrrole nitrogens is 1. The van der Waals surface area contributed by atoms with Crippen molar-refractivity contribution in [2.24, 2.45) is 0 Å². The van der Waals surface area contributed by atoms with Crippen molar-refractivity contribution in [3.05, 3.63) is 87.2 Å². The molecule has 0 atom stereocenters. The van der Waals surface area contributed by atoms with Gasteiger partial charge in [-0.15, -0.1) is 10.2 Å². The standard InChI is InChI=1S/C22H19ClN6O4/c1-31-21-24-11-15(12-25-21)10-16-13-26-22(27-20(16)30)32-9-8-14-2-4-17(5-3-14)33-19-7-6-18(23)28-29-19/h2-7,11-13H,8-10H2,1H3,(H,26,27,30). The van der Waals surface area contributed by atoms with E-state index >= 15 is 0 Å². The smallest absolute Gasteiger partial charge is 0.316 e. The molecule has 0 saturated carbocycles. The molecule has 4 aromatic rings. The van der Waals surface area contributed by atoms with Crippen molar-refractivity contribution in [1.29, 1.82) is 0 Å². The second kappa shape index (κ2) is 10.5. The Morgan fingerprint density at radius 3 is 2.45 bits per heavy atom. The highest BCUT2D eigenvalue weighted by molar-refractivity contribution is 6.29. The molecule has 11 heteroatoms. The van der Waals surface area contributed by atoms with Gasteiger partial charge in [-0.25, -0.2) is 9.97 Å². The maximum absolute atomic E-state index is 12.3. The van der Waals surface area contributed by atoms with Gasteiger partial charge in [0.1, 0.15) is 5.75 Å². The molecule has 0 saturated heterocycles. The Bertz CT molecular complexity index is 1250. The summed E-state index contributed by atoms with van der Waals surface area (Å²) in [6.45, 7) is 0.345. The zero-order valence-corrected chi connectivity index (χ0v) is 18.3. The van der Waals surface area contributed by atoms with Gasteiger partial charge in [0.15, 0.2) is 5.15 Å². The Labute approximate surface area is 193 Å². The number of methoxy groups -OCH3 is 1. The van der Waals surface area contributed by atoms with Crippen LogP contribution in [0.25, 0.3) is 0 Å². The molecule has 1 N–H and O–H groups in total. The van der Waals surface area contributed by atoms with E-state index in [0.717, 1.165) is 11.1 Å². The Morgan fingerprint density at radius 2 is 1.79 bits per heavy atom. The third kappa shape index (κ3) is 6.23. The van der Waals surface area contributed by atoms with Gasteiger partial charge in [-0.1, -0.05) is 23.7 Å². The minimum Gasteiger partial charge on any atom is -0.467 e. The second-order valence-electron chi connectivity index (χ2n) is 6.83. The number of hydrogen-bond acceptors (Lipinski definition) is 9. The average Bonchev–Trinajstić information content (AvgIpc) is 2.84. The molecule has 10 nitrogen and oxygen atoms in total. The lowest BCUT2D eigenvalue weighted by Crippen LogP contribution is -2.16. The fourth-order valence-electron chi connectivity index (χ4n) is 2.84.